The maximum Gasteiger partial charge on any atom is 0.277 e. The average molecular weight is 343 g/mol. The van der Waals surface area contributed by atoms with E-state index in [9.17, 15) is 14.7 Å². The first kappa shape index (κ1) is 16.0. The molecule has 0 fully saturated rings. The molecule has 0 aliphatic carbocycles. The van der Waals surface area contributed by atoms with Crippen LogP contribution < -0.4 is 15.3 Å². The fraction of sp³-hybridized carbons (Fsp3) is 0.125. The number of nitrogens with one attached hydrogen (secondary N) is 1. The Labute approximate surface area is 140 Å². The van der Waals surface area contributed by atoms with Gasteiger partial charge < -0.3 is 14.8 Å². The van der Waals surface area contributed by atoms with Crippen LogP contribution in [0.2, 0.25) is 0 Å². The van der Waals surface area contributed by atoms with Crippen molar-refractivity contribution in [2.24, 2.45) is 4.99 Å². The summed E-state index contributed by atoms with van der Waals surface area (Å²) in [5.74, 6) is -0.0650. The van der Waals surface area contributed by atoms with E-state index in [0.29, 0.717) is 11.1 Å². The molecule has 0 saturated heterocycles. The van der Waals surface area contributed by atoms with Gasteiger partial charge in [-0.15, -0.1) is 0 Å². The summed E-state index contributed by atoms with van der Waals surface area (Å²) >= 11 is 0.860. The number of aromatic hydroxyl groups is 1. The van der Waals surface area contributed by atoms with E-state index in [1.807, 2.05) is 0 Å². The van der Waals surface area contributed by atoms with Crippen LogP contribution in [0, 0.1) is 0 Å². The summed E-state index contributed by atoms with van der Waals surface area (Å²) in [6.07, 6.45) is 3.10. The van der Waals surface area contributed by atoms with Crippen LogP contribution in [0.1, 0.15) is 12.6 Å². The minimum Gasteiger partial charge on any atom is -0.497 e. The molecule has 0 spiro atoms. The predicted molar refractivity (Wildman–Crippen MR) is 88.0 cm³/mol. The number of aromatic nitrogens is 2. The number of carbonyl (C=O) groups is 2. The second-order valence-corrected chi connectivity index (χ2v) is 6.12. The van der Waals surface area contributed by atoms with Gasteiger partial charge in [0.15, 0.2) is 10.3 Å². The number of nitrogens with zero attached hydrogens (tertiary/aromatic N) is 2. The van der Waals surface area contributed by atoms with E-state index < -0.39 is 5.91 Å². The first-order chi connectivity index (χ1) is 11.5. The molecule has 2 aromatic rings. The van der Waals surface area contributed by atoms with Crippen molar-refractivity contribution < 1.29 is 19.4 Å². The number of rotatable bonds is 3. The number of methoxy groups -OCH3 is 1. The number of benzene rings is 1. The van der Waals surface area contributed by atoms with Crippen LogP contribution in [0.15, 0.2) is 33.9 Å². The smallest absolute Gasteiger partial charge is 0.277 e. The van der Waals surface area contributed by atoms with Gasteiger partial charge in [-0.05, 0) is 42.1 Å². The van der Waals surface area contributed by atoms with Crippen LogP contribution in [-0.2, 0) is 9.59 Å². The van der Waals surface area contributed by atoms with Crippen molar-refractivity contribution in [3.8, 4) is 11.6 Å². The highest BCUT2D eigenvalue weighted by Gasteiger charge is 2.15. The summed E-state index contributed by atoms with van der Waals surface area (Å²) in [6.45, 7) is 1.39. The first-order valence-corrected chi connectivity index (χ1v) is 7.76. The van der Waals surface area contributed by atoms with Gasteiger partial charge in [0.25, 0.3) is 5.91 Å². The van der Waals surface area contributed by atoms with Gasteiger partial charge in [0, 0.05) is 17.7 Å². The van der Waals surface area contributed by atoms with Crippen LogP contribution in [-0.4, -0.2) is 33.2 Å². The number of hydrogen-bond donors (Lipinski definition) is 2. The monoisotopic (exact) mass is 343 g/mol. The number of fused-ring (bicyclic) bond motifs is 1. The summed E-state index contributed by atoms with van der Waals surface area (Å²) in [6, 6.07) is 5.20. The summed E-state index contributed by atoms with van der Waals surface area (Å²) < 4.78 is 5.16. The Balaban J connectivity index is 2.04. The molecule has 0 saturated carbocycles. The van der Waals surface area contributed by atoms with Gasteiger partial charge in [-0.3, -0.25) is 9.59 Å². The molecule has 24 heavy (non-hydrogen) atoms. The number of H-pyrrole nitrogens is 1. The maximum atomic E-state index is 12.1. The van der Waals surface area contributed by atoms with Crippen molar-refractivity contribution >= 4 is 34.9 Å². The molecular weight excluding hydrogens is 330 g/mol. The standard InChI is InChI=1S/C16H13N3O4S/c1-8(20)24-16-18-13(15(22)19-16)7-10-5-9-6-11(23-2)3-4-12(9)17-14(10)21/h3-7,22H,1-2H3,(H,18,19)/b10-7-. The number of amides is 1. The molecule has 0 radical (unpaired) electrons. The fourth-order valence-electron chi connectivity index (χ4n) is 2.18. The summed E-state index contributed by atoms with van der Waals surface area (Å²) in [7, 11) is 1.56. The van der Waals surface area contributed by atoms with E-state index in [1.54, 1.807) is 31.4 Å². The molecule has 1 aromatic carbocycles. The normalized spacial score (nSPS) is 14.8. The average Bonchev–Trinajstić information content (AvgIpc) is 2.86. The molecular formula is C16H13N3O4S. The highest BCUT2D eigenvalue weighted by atomic mass is 32.2. The lowest BCUT2D eigenvalue weighted by Gasteiger charge is -2.04. The van der Waals surface area contributed by atoms with Crippen molar-refractivity contribution in [2.45, 2.75) is 12.1 Å². The molecule has 1 aromatic heterocycles. The van der Waals surface area contributed by atoms with Crippen molar-refractivity contribution in [1.29, 1.82) is 0 Å². The second-order valence-electron chi connectivity index (χ2n) is 4.96. The zero-order chi connectivity index (χ0) is 17.3. The fourth-order valence-corrected chi connectivity index (χ4v) is 2.75. The number of thioether (sulfide) groups is 1. The van der Waals surface area contributed by atoms with Gasteiger partial charge in [0.2, 0.25) is 5.88 Å². The topological polar surface area (TPSA) is 105 Å². The SMILES string of the molecule is COc1ccc2c(c1)=C/C(=C/c1[nH]c(SC(C)=O)nc1O)C(=O)N=2. The molecule has 0 bridgehead atoms. The first-order valence-electron chi connectivity index (χ1n) is 6.94. The lowest BCUT2D eigenvalue weighted by molar-refractivity contribution is -0.114. The van der Waals surface area contributed by atoms with Crippen LogP contribution in [0.5, 0.6) is 11.6 Å². The lowest BCUT2D eigenvalue weighted by atomic mass is 10.1. The van der Waals surface area contributed by atoms with E-state index >= 15 is 0 Å². The Kier molecular flexibility index (Phi) is 4.22. The van der Waals surface area contributed by atoms with Crippen LogP contribution in [0.25, 0.3) is 12.2 Å². The molecule has 7 nitrogen and oxygen atoms in total. The molecule has 1 aliphatic heterocycles. The van der Waals surface area contributed by atoms with Gasteiger partial charge in [-0.25, -0.2) is 4.99 Å². The number of hydrogen-bond acceptors (Lipinski definition) is 6. The Morgan fingerprint density at radius 3 is 2.92 bits per heavy atom. The van der Waals surface area contributed by atoms with Crippen LogP contribution in [0.4, 0.5) is 0 Å². The maximum absolute atomic E-state index is 12.1. The largest absolute Gasteiger partial charge is 0.497 e. The minimum absolute atomic E-state index is 0.167. The summed E-state index contributed by atoms with van der Waals surface area (Å²) in [5, 5.41) is 11.2. The lowest BCUT2D eigenvalue weighted by Crippen LogP contribution is -2.30. The zero-order valence-electron chi connectivity index (χ0n) is 12.9. The molecule has 0 unspecified atom stereocenters. The minimum atomic E-state index is -0.428. The molecule has 0 atom stereocenters. The van der Waals surface area contributed by atoms with Crippen molar-refractivity contribution in [3.63, 3.8) is 0 Å². The third-order valence-electron chi connectivity index (χ3n) is 3.24. The van der Waals surface area contributed by atoms with E-state index in [4.69, 9.17) is 4.74 Å². The Bertz CT molecular complexity index is 991. The highest BCUT2D eigenvalue weighted by molar-refractivity contribution is 8.13. The van der Waals surface area contributed by atoms with E-state index in [-0.39, 0.29) is 27.4 Å². The van der Waals surface area contributed by atoms with Gasteiger partial charge in [-0.2, -0.15) is 4.98 Å². The van der Waals surface area contributed by atoms with Crippen LogP contribution in [0.3, 0.4) is 0 Å². The number of aromatic amines is 1. The van der Waals surface area contributed by atoms with Crippen molar-refractivity contribution in [1.82, 2.24) is 9.97 Å². The summed E-state index contributed by atoms with van der Waals surface area (Å²) in [5.41, 5.74) is 0.522. The summed E-state index contributed by atoms with van der Waals surface area (Å²) in [4.78, 5) is 33.9. The Morgan fingerprint density at radius 1 is 1.42 bits per heavy atom. The molecule has 122 valence electrons. The highest BCUT2D eigenvalue weighted by Crippen LogP contribution is 2.24. The van der Waals surface area contributed by atoms with Gasteiger partial charge in [-0.1, -0.05) is 0 Å². The zero-order valence-corrected chi connectivity index (χ0v) is 13.7. The quantitative estimate of drug-likeness (QED) is 0.630. The van der Waals surface area contributed by atoms with E-state index in [0.717, 1.165) is 17.0 Å². The molecule has 8 heteroatoms. The number of ether oxygens (including phenoxy) is 1. The molecule has 1 amide bonds. The molecule has 2 heterocycles. The van der Waals surface area contributed by atoms with E-state index in [2.05, 4.69) is 15.0 Å². The van der Waals surface area contributed by atoms with Gasteiger partial charge in [0.05, 0.1) is 12.5 Å². The van der Waals surface area contributed by atoms with Gasteiger partial charge in [0.1, 0.15) is 11.4 Å². The predicted octanol–water partition coefficient (Wildman–Crippen LogP) is 0.786. The van der Waals surface area contributed by atoms with E-state index in [1.165, 1.54) is 13.0 Å². The number of imidazole rings is 1. The van der Waals surface area contributed by atoms with Crippen molar-refractivity contribution in [2.75, 3.05) is 7.11 Å². The second kappa shape index (κ2) is 6.32. The number of carbonyl (C=O) groups excluding carboxylic acids is 2. The third kappa shape index (κ3) is 3.23. The Morgan fingerprint density at radius 2 is 2.21 bits per heavy atom. The van der Waals surface area contributed by atoms with Crippen molar-refractivity contribution in [3.05, 3.63) is 40.0 Å². The molecule has 2 N–H and O–H groups in total. The molecule has 1 aliphatic rings. The van der Waals surface area contributed by atoms with Crippen LogP contribution >= 0.6 is 11.8 Å². The van der Waals surface area contributed by atoms with Gasteiger partial charge >= 0.3 is 0 Å². The Hall–Kier alpha value is -2.87. The third-order valence-corrected chi connectivity index (χ3v) is 3.92. The molecule has 3 rings (SSSR count).